The van der Waals surface area contributed by atoms with Crippen LogP contribution in [0.15, 0.2) is 48.2 Å². The molecule has 0 aliphatic carbocycles. The summed E-state index contributed by atoms with van der Waals surface area (Å²) in [5.41, 5.74) is 0.749. The molecule has 10 heteroatoms. The minimum atomic E-state index is -2.86. The number of likely N-dealkylation sites (tertiary alicyclic amines) is 1. The Balaban J connectivity index is 1.37. The molecular formula is C24H24F3N4O3+. The average molecular weight is 473 g/mol. The van der Waals surface area contributed by atoms with Crippen LogP contribution in [0.5, 0.6) is 11.5 Å². The summed E-state index contributed by atoms with van der Waals surface area (Å²) in [4.78, 5) is 18.7. The molecule has 4 rings (SSSR count). The zero-order valence-corrected chi connectivity index (χ0v) is 18.4. The number of nitrogens with zero attached hydrogens (tertiary/aromatic N) is 3. The maximum absolute atomic E-state index is 14.5. The van der Waals surface area contributed by atoms with Gasteiger partial charge in [0.2, 0.25) is 5.91 Å². The summed E-state index contributed by atoms with van der Waals surface area (Å²) in [5, 5.41) is 12.1. The first-order valence-electron chi connectivity index (χ1n) is 10.8. The van der Waals surface area contributed by atoms with E-state index in [0.29, 0.717) is 11.3 Å². The summed E-state index contributed by atoms with van der Waals surface area (Å²) in [7, 11) is 0. The fourth-order valence-electron chi connectivity index (χ4n) is 3.94. The van der Waals surface area contributed by atoms with Crippen molar-refractivity contribution in [2.75, 3.05) is 18.4 Å². The van der Waals surface area contributed by atoms with Crippen LogP contribution in [-0.2, 0) is 11.4 Å². The maximum atomic E-state index is 14.5. The summed E-state index contributed by atoms with van der Waals surface area (Å²) in [5.74, 6) is -3.86. The lowest BCUT2D eigenvalue weighted by atomic mass is 9.86. The van der Waals surface area contributed by atoms with Crippen molar-refractivity contribution in [1.29, 1.82) is 0 Å². The Morgan fingerprint density at radius 2 is 2.21 bits per heavy atom. The minimum Gasteiger partial charge on any atom is -0.455 e. The Bertz CT molecular complexity index is 1160. The Hall–Kier alpha value is -3.46. The number of amides is 1. The highest BCUT2D eigenvalue weighted by Gasteiger charge is 2.48. The van der Waals surface area contributed by atoms with Gasteiger partial charge < -0.3 is 15.2 Å². The zero-order chi connectivity index (χ0) is 24.3. The van der Waals surface area contributed by atoms with E-state index in [-0.39, 0.29) is 42.5 Å². The number of piperidine rings is 1. The quantitative estimate of drug-likeness (QED) is 0.604. The number of hydrogen-bond donors (Lipinski definition) is 2. The standard InChI is InChI=1S/C24H23F3N4O3/c1-15(31-9-7-24(26,27)20(13-31)16-6-8-28-11-16)23(33)30-22-5-3-19(12-29-22)34-21-4-2-18(25)10-17(21)14-32/h2-6,8,10-12,15,20,32H,7,9,13-14H2,1H3/p+1. The smallest absolute Gasteiger partial charge is 0.296 e. The van der Waals surface area contributed by atoms with Gasteiger partial charge in [0.05, 0.1) is 30.3 Å². The number of aliphatic hydroxyl groups excluding tert-OH is 1. The molecular weight excluding hydrogens is 449 g/mol. The van der Waals surface area contributed by atoms with Crippen LogP contribution < -0.4 is 14.7 Å². The third-order valence-electron chi connectivity index (χ3n) is 5.97. The van der Waals surface area contributed by atoms with Crippen molar-refractivity contribution in [3.63, 3.8) is 0 Å². The van der Waals surface area contributed by atoms with Gasteiger partial charge in [-0.3, -0.25) is 9.69 Å². The third kappa shape index (κ3) is 5.20. The SMILES string of the molecule is CC(C(=O)Nc1ccc(Oc2ccc(F)cc2CO)cn1)N1CCC(F)(F)C(C2=CC=[N+]=C2)C1. The molecule has 2 atom stereocenters. The lowest BCUT2D eigenvalue weighted by molar-refractivity contribution is -0.128. The van der Waals surface area contributed by atoms with Gasteiger partial charge in [-0.05, 0) is 37.3 Å². The van der Waals surface area contributed by atoms with Crippen molar-refractivity contribution in [2.24, 2.45) is 5.92 Å². The number of nitrogens with one attached hydrogen (secondary N) is 1. The molecule has 1 aromatic carbocycles. The van der Waals surface area contributed by atoms with Gasteiger partial charge in [-0.15, -0.1) is 4.67 Å². The van der Waals surface area contributed by atoms with Gasteiger partial charge in [-0.25, -0.2) is 18.2 Å². The number of carbonyl (C=O) groups excluding carboxylic acids is 1. The van der Waals surface area contributed by atoms with Crippen LogP contribution in [0.25, 0.3) is 0 Å². The van der Waals surface area contributed by atoms with Crippen molar-refractivity contribution in [1.82, 2.24) is 14.6 Å². The molecule has 1 fully saturated rings. The van der Waals surface area contributed by atoms with Crippen LogP contribution in [0.2, 0.25) is 0 Å². The second-order valence-electron chi connectivity index (χ2n) is 8.21. The number of hydrogen-bond acceptors (Lipinski definition) is 5. The minimum absolute atomic E-state index is 0.0400. The number of pyridine rings is 1. The number of alkyl halides is 2. The van der Waals surface area contributed by atoms with E-state index < -0.39 is 30.3 Å². The molecule has 2 N–H and O–H groups in total. The fourth-order valence-corrected chi connectivity index (χ4v) is 3.94. The van der Waals surface area contributed by atoms with Crippen LogP contribution in [0.3, 0.4) is 0 Å². The summed E-state index contributed by atoms with van der Waals surface area (Å²) in [6.45, 7) is 1.41. The van der Waals surface area contributed by atoms with E-state index in [1.807, 2.05) is 0 Å². The van der Waals surface area contributed by atoms with Crippen molar-refractivity contribution in [3.8, 4) is 11.5 Å². The number of anilines is 1. The number of rotatable bonds is 7. The largest absolute Gasteiger partial charge is 0.455 e. The van der Waals surface area contributed by atoms with Gasteiger partial charge >= 0.3 is 0 Å². The van der Waals surface area contributed by atoms with Crippen LogP contribution in [-0.4, -0.2) is 58.4 Å². The van der Waals surface area contributed by atoms with Crippen molar-refractivity contribution in [2.45, 2.75) is 31.9 Å². The fraction of sp³-hybridized carbons (Fsp3) is 0.333. The zero-order valence-electron chi connectivity index (χ0n) is 18.4. The third-order valence-corrected chi connectivity index (χ3v) is 5.97. The maximum Gasteiger partial charge on any atom is 0.296 e. The Morgan fingerprint density at radius 3 is 2.88 bits per heavy atom. The first kappa shape index (κ1) is 23.7. The summed E-state index contributed by atoms with van der Waals surface area (Å²) < 4.78 is 51.8. The summed E-state index contributed by atoms with van der Waals surface area (Å²) >= 11 is 0. The molecule has 0 radical (unpaired) electrons. The molecule has 0 saturated carbocycles. The van der Waals surface area contributed by atoms with Crippen molar-refractivity contribution in [3.05, 3.63) is 59.6 Å². The van der Waals surface area contributed by atoms with E-state index in [1.165, 1.54) is 42.9 Å². The van der Waals surface area contributed by atoms with E-state index in [1.54, 1.807) is 24.0 Å². The van der Waals surface area contributed by atoms with E-state index >= 15 is 0 Å². The Morgan fingerprint density at radius 1 is 1.38 bits per heavy atom. The second-order valence-corrected chi connectivity index (χ2v) is 8.21. The normalized spacial score (nSPS) is 20.1. The molecule has 1 amide bonds. The van der Waals surface area contributed by atoms with Crippen molar-refractivity contribution < 1.29 is 27.8 Å². The van der Waals surface area contributed by atoms with E-state index in [2.05, 4.69) is 15.0 Å². The predicted octanol–water partition coefficient (Wildman–Crippen LogP) is 2.94. The van der Waals surface area contributed by atoms with Crippen LogP contribution in [0.1, 0.15) is 18.9 Å². The number of aromatic nitrogens is 1. The average Bonchev–Trinajstić information content (AvgIpc) is 3.35. The number of benzene rings is 1. The first-order chi connectivity index (χ1) is 16.3. The number of carbonyl (C=O) groups is 1. The monoisotopic (exact) mass is 473 g/mol. The topological polar surface area (TPSA) is 88.8 Å². The lowest BCUT2D eigenvalue weighted by Gasteiger charge is -2.40. The molecule has 0 bridgehead atoms. The lowest BCUT2D eigenvalue weighted by Crippen LogP contribution is -2.53. The van der Waals surface area contributed by atoms with Gasteiger partial charge in [0.1, 0.15) is 23.1 Å². The molecule has 178 valence electrons. The highest BCUT2D eigenvalue weighted by atomic mass is 19.3. The Kier molecular flexibility index (Phi) is 6.83. The number of ether oxygens (including phenoxy) is 1. The number of aliphatic hydroxyl groups is 1. The van der Waals surface area contributed by atoms with Crippen LogP contribution >= 0.6 is 0 Å². The van der Waals surface area contributed by atoms with Gasteiger partial charge in [-0.1, -0.05) is 0 Å². The molecule has 0 spiro atoms. The second kappa shape index (κ2) is 9.80. The molecule has 7 nitrogen and oxygen atoms in total. The molecule has 1 aromatic heterocycles. The van der Waals surface area contributed by atoms with E-state index in [9.17, 15) is 23.1 Å². The van der Waals surface area contributed by atoms with Crippen LogP contribution in [0, 0.1) is 11.7 Å². The molecule has 2 aliphatic heterocycles. The van der Waals surface area contributed by atoms with E-state index in [0.717, 1.165) is 0 Å². The molecule has 2 aliphatic rings. The number of allylic oxidation sites excluding steroid dienone is 1. The Labute approximate surface area is 194 Å². The van der Waals surface area contributed by atoms with Gasteiger partial charge in [-0.2, -0.15) is 0 Å². The molecule has 1 saturated heterocycles. The van der Waals surface area contributed by atoms with Gasteiger partial charge in [0.15, 0.2) is 0 Å². The molecule has 3 heterocycles. The van der Waals surface area contributed by atoms with Gasteiger partial charge in [0, 0.05) is 31.1 Å². The highest BCUT2D eigenvalue weighted by molar-refractivity contribution is 5.94. The van der Waals surface area contributed by atoms with Gasteiger partial charge in [0.25, 0.3) is 18.4 Å². The van der Waals surface area contributed by atoms with E-state index in [4.69, 9.17) is 4.74 Å². The molecule has 34 heavy (non-hydrogen) atoms. The highest BCUT2D eigenvalue weighted by Crippen LogP contribution is 2.38. The molecule has 2 aromatic rings. The first-order valence-corrected chi connectivity index (χ1v) is 10.8. The molecule has 2 unspecified atom stereocenters. The van der Waals surface area contributed by atoms with Crippen molar-refractivity contribution >= 4 is 24.2 Å². The van der Waals surface area contributed by atoms with Crippen LogP contribution in [0.4, 0.5) is 19.0 Å². The number of halogens is 3. The predicted molar refractivity (Wildman–Crippen MR) is 122 cm³/mol. The summed E-state index contributed by atoms with van der Waals surface area (Å²) in [6.07, 6.45) is 5.54. The summed E-state index contributed by atoms with van der Waals surface area (Å²) in [6, 6.07) is 6.24.